The SMILES string of the molecule is CCCN(CCc1ccc(OC)c(OC)c1)CCc1ccc2[nH]c(=S)[nH]c2c1. The van der Waals surface area contributed by atoms with Crippen LogP contribution in [-0.2, 0) is 12.8 Å². The quantitative estimate of drug-likeness (QED) is 0.484. The van der Waals surface area contributed by atoms with Crippen LogP contribution < -0.4 is 9.47 Å². The molecule has 5 nitrogen and oxygen atoms in total. The van der Waals surface area contributed by atoms with Crippen molar-refractivity contribution in [3.05, 3.63) is 52.3 Å². The van der Waals surface area contributed by atoms with Gasteiger partial charge >= 0.3 is 0 Å². The average Bonchev–Trinajstić information content (AvgIpc) is 3.09. The van der Waals surface area contributed by atoms with E-state index >= 15 is 0 Å². The minimum absolute atomic E-state index is 0.676. The second-order valence-corrected chi connectivity index (χ2v) is 7.40. The summed E-state index contributed by atoms with van der Waals surface area (Å²) in [6, 6.07) is 12.7. The van der Waals surface area contributed by atoms with Crippen LogP contribution >= 0.6 is 12.2 Å². The molecule has 1 heterocycles. The second kappa shape index (κ2) is 9.75. The maximum atomic E-state index is 5.42. The normalized spacial score (nSPS) is 11.3. The van der Waals surface area contributed by atoms with E-state index in [0.29, 0.717) is 4.77 Å². The van der Waals surface area contributed by atoms with Crippen LogP contribution in [0.4, 0.5) is 0 Å². The van der Waals surface area contributed by atoms with Gasteiger partial charge in [0.25, 0.3) is 0 Å². The number of hydrogen-bond acceptors (Lipinski definition) is 4. The smallest absolute Gasteiger partial charge is 0.175 e. The fourth-order valence-electron chi connectivity index (χ4n) is 3.50. The number of hydrogen-bond donors (Lipinski definition) is 2. The monoisotopic (exact) mass is 399 g/mol. The third-order valence-corrected chi connectivity index (χ3v) is 5.21. The highest BCUT2D eigenvalue weighted by Gasteiger charge is 2.09. The number of H-pyrrole nitrogens is 2. The summed E-state index contributed by atoms with van der Waals surface area (Å²) in [5.74, 6) is 1.56. The van der Waals surface area contributed by atoms with Crippen molar-refractivity contribution in [2.45, 2.75) is 26.2 Å². The van der Waals surface area contributed by atoms with Crippen LogP contribution in [0.1, 0.15) is 24.5 Å². The van der Waals surface area contributed by atoms with Gasteiger partial charge in [-0.1, -0.05) is 19.1 Å². The van der Waals surface area contributed by atoms with E-state index in [4.69, 9.17) is 21.7 Å². The van der Waals surface area contributed by atoms with E-state index in [2.05, 4.69) is 52.1 Å². The zero-order valence-electron chi connectivity index (χ0n) is 16.9. The molecule has 1 aromatic heterocycles. The first-order valence-corrected chi connectivity index (χ1v) is 10.2. The van der Waals surface area contributed by atoms with Gasteiger partial charge < -0.3 is 24.3 Å². The number of nitrogens with zero attached hydrogens (tertiary/aromatic N) is 1. The molecule has 6 heteroatoms. The van der Waals surface area contributed by atoms with Crippen LogP contribution in [0.15, 0.2) is 36.4 Å². The Labute approximate surface area is 171 Å². The molecule has 3 aromatic rings. The Morgan fingerprint density at radius 3 is 2.14 bits per heavy atom. The molecule has 0 aliphatic heterocycles. The van der Waals surface area contributed by atoms with Crippen LogP contribution in [0.3, 0.4) is 0 Å². The molecule has 0 saturated heterocycles. The predicted molar refractivity (Wildman–Crippen MR) is 117 cm³/mol. The molecular weight excluding hydrogens is 370 g/mol. The van der Waals surface area contributed by atoms with Crippen LogP contribution in [0.25, 0.3) is 11.0 Å². The van der Waals surface area contributed by atoms with E-state index in [9.17, 15) is 0 Å². The fourth-order valence-corrected chi connectivity index (χ4v) is 3.72. The molecule has 0 aliphatic carbocycles. The molecule has 2 N–H and O–H groups in total. The van der Waals surface area contributed by atoms with E-state index in [1.165, 1.54) is 11.1 Å². The van der Waals surface area contributed by atoms with E-state index in [0.717, 1.165) is 61.4 Å². The third kappa shape index (κ3) is 5.14. The lowest BCUT2D eigenvalue weighted by atomic mass is 10.1. The summed E-state index contributed by atoms with van der Waals surface area (Å²) in [5, 5.41) is 0. The Morgan fingerprint density at radius 1 is 0.821 bits per heavy atom. The predicted octanol–water partition coefficient (Wildman–Crippen LogP) is 4.74. The Morgan fingerprint density at radius 2 is 1.46 bits per heavy atom. The number of methoxy groups -OCH3 is 2. The average molecular weight is 400 g/mol. The fraction of sp³-hybridized carbons (Fsp3) is 0.409. The molecule has 0 amide bonds. The molecule has 2 aromatic carbocycles. The van der Waals surface area contributed by atoms with Crippen molar-refractivity contribution >= 4 is 23.3 Å². The lowest BCUT2D eigenvalue weighted by Crippen LogP contribution is -2.29. The van der Waals surface area contributed by atoms with Gasteiger partial charge in [-0.05, 0) is 73.4 Å². The summed E-state index contributed by atoms with van der Waals surface area (Å²) < 4.78 is 11.4. The van der Waals surface area contributed by atoms with Gasteiger partial charge in [0.05, 0.1) is 25.3 Å². The Bertz CT molecular complexity index is 964. The van der Waals surface area contributed by atoms with Gasteiger partial charge in [-0.2, -0.15) is 0 Å². The van der Waals surface area contributed by atoms with Crippen molar-refractivity contribution in [1.29, 1.82) is 0 Å². The second-order valence-electron chi connectivity index (χ2n) is 6.99. The van der Waals surface area contributed by atoms with E-state index in [1.807, 2.05) is 6.07 Å². The van der Waals surface area contributed by atoms with Gasteiger partial charge in [0.1, 0.15) is 0 Å². The highest BCUT2D eigenvalue weighted by atomic mass is 32.1. The number of fused-ring (bicyclic) bond motifs is 1. The number of aromatic amines is 2. The highest BCUT2D eigenvalue weighted by molar-refractivity contribution is 7.71. The van der Waals surface area contributed by atoms with Crippen molar-refractivity contribution in [3.8, 4) is 11.5 Å². The van der Waals surface area contributed by atoms with Crippen molar-refractivity contribution in [1.82, 2.24) is 14.9 Å². The first-order valence-electron chi connectivity index (χ1n) is 9.77. The minimum atomic E-state index is 0.676. The number of benzene rings is 2. The van der Waals surface area contributed by atoms with Gasteiger partial charge in [0.15, 0.2) is 16.3 Å². The highest BCUT2D eigenvalue weighted by Crippen LogP contribution is 2.27. The zero-order chi connectivity index (χ0) is 19.9. The van der Waals surface area contributed by atoms with Gasteiger partial charge in [-0.25, -0.2) is 0 Å². The van der Waals surface area contributed by atoms with Gasteiger partial charge in [0, 0.05) is 13.1 Å². The molecule has 3 rings (SSSR count). The molecule has 0 saturated carbocycles. The van der Waals surface area contributed by atoms with Crippen molar-refractivity contribution in [3.63, 3.8) is 0 Å². The molecule has 28 heavy (non-hydrogen) atoms. The first kappa shape index (κ1) is 20.4. The van der Waals surface area contributed by atoms with Gasteiger partial charge in [-0.3, -0.25) is 0 Å². The zero-order valence-corrected chi connectivity index (χ0v) is 17.7. The standard InChI is InChI=1S/C22H29N3O2S/c1-4-11-25(13-10-17-6-8-20(26-2)21(15-17)27-3)12-9-16-5-7-18-19(14-16)24-22(28)23-18/h5-8,14-15H,4,9-13H2,1-3H3,(H2,23,24,28). The van der Waals surface area contributed by atoms with Crippen LogP contribution in [0.5, 0.6) is 11.5 Å². The molecule has 0 spiro atoms. The number of imidazole rings is 1. The van der Waals surface area contributed by atoms with Crippen LogP contribution in [0, 0.1) is 4.77 Å². The van der Waals surface area contributed by atoms with Gasteiger partial charge in [-0.15, -0.1) is 0 Å². The topological polar surface area (TPSA) is 53.3 Å². The Hall–Kier alpha value is -2.31. The number of rotatable bonds is 10. The molecule has 0 radical (unpaired) electrons. The maximum Gasteiger partial charge on any atom is 0.175 e. The largest absolute Gasteiger partial charge is 0.493 e. The number of aromatic nitrogens is 2. The van der Waals surface area contributed by atoms with Crippen LogP contribution in [-0.4, -0.2) is 48.7 Å². The van der Waals surface area contributed by atoms with Crippen molar-refractivity contribution < 1.29 is 9.47 Å². The molecule has 150 valence electrons. The van der Waals surface area contributed by atoms with Crippen molar-refractivity contribution in [2.75, 3.05) is 33.9 Å². The number of ether oxygens (including phenoxy) is 2. The van der Waals surface area contributed by atoms with E-state index in [-0.39, 0.29) is 0 Å². The Kier molecular flexibility index (Phi) is 7.12. The number of nitrogens with one attached hydrogen (secondary N) is 2. The minimum Gasteiger partial charge on any atom is -0.493 e. The summed E-state index contributed by atoms with van der Waals surface area (Å²) in [5.41, 5.74) is 4.73. The van der Waals surface area contributed by atoms with E-state index in [1.54, 1.807) is 14.2 Å². The lowest BCUT2D eigenvalue weighted by Gasteiger charge is -2.22. The molecule has 0 atom stereocenters. The van der Waals surface area contributed by atoms with Crippen LogP contribution in [0.2, 0.25) is 0 Å². The molecule has 0 bridgehead atoms. The molecule has 0 aliphatic rings. The third-order valence-electron chi connectivity index (χ3n) is 5.00. The molecular formula is C22H29N3O2S. The first-order chi connectivity index (χ1) is 13.6. The van der Waals surface area contributed by atoms with E-state index < -0.39 is 0 Å². The maximum absolute atomic E-state index is 5.42. The summed E-state index contributed by atoms with van der Waals surface area (Å²) in [6.07, 6.45) is 3.16. The summed E-state index contributed by atoms with van der Waals surface area (Å²) in [4.78, 5) is 8.89. The summed E-state index contributed by atoms with van der Waals surface area (Å²) in [7, 11) is 3.34. The van der Waals surface area contributed by atoms with Crippen molar-refractivity contribution in [2.24, 2.45) is 0 Å². The lowest BCUT2D eigenvalue weighted by molar-refractivity contribution is 0.280. The summed E-state index contributed by atoms with van der Waals surface area (Å²) in [6.45, 7) is 5.40. The Balaban J connectivity index is 1.60. The van der Waals surface area contributed by atoms with Gasteiger partial charge in [0.2, 0.25) is 0 Å². The summed E-state index contributed by atoms with van der Waals surface area (Å²) >= 11 is 5.18. The molecule has 0 unspecified atom stereocenters. The molecule has 0 fully saturated rings.